The number of unbranched alkanes of at least 4 members (excludes halogenated alkanes) is 1. The van der Waals surface area contributed by atoms with Crippen LogP contribution in [0.2, 0.25) is 10.0 Å². The smallest absolute Gasteiger partial charge is 0.322 e. The van der Waals surface area contributed by atoms with E-state index in [2.05, 4.69) is 28.9 Å². The first-order valence-electron chi connectivity index (χ1n) is 11.0. The van der Waals surface area contributed by atoms with Gasteiger partial charge in [0.25, 0.3) is 0 Å². The maximum atomic E-state index is 13.0. The molecule has 33 heavy (non-hydrogen) atoms. The van der Waals surface area contributed by atoms with Crippen molar-refractivity contribution >= 4 is 52.4 Å². The molecular formula is C24H28Cl2N4O3. The fraction of sp³-hybridized carbons (Fsp3) is 0.375. The van der Waals surface area contributed by atoms with Crippen LogP contribution in [0.15, 0.2) is 36.4 Å². The Morgan fingerprint density at radius 2 is 1.91 bits per heavy atom. The Hall–Kier alpha value is -2.77. The van der Waals surface area contributed by atoms with Crippen molar-refractivity contribution in [2.45, 2.75) is 45.6 Å². The molecule has 1 aliphatic rings. The van der Waals surface area contributed by atoms with Crippen LogP contribution in [0.1, 0.15) is 37.3 Å². The van der Waals surface area contributed by atoms with Crippen LogP contribution >= 0.6 is 23.2 Å². The van der Waals surface area contributed by atoms with E-state index in [4.69, 9.17) is 23.2 Å². The topological polar surface area (TPSA) is 90.5 Å². The third-order valence-corrected chi connectivity index (χ3v) is 6.09. The van der Waals surface area contributed by atoms with E-state index in [1.807, 2.05) is 19.1 Å². The molecule has 0 radical (unpaired) electrons. The Kier molecular flexibility index (Phi) is 8.58. The molecule has 4 amide bonds. The number of benzene rings is 2. The average Bonchev–Trinajstić information content (AvgIpc) is 2.77. The zero-order chi connectivity index (χ0) is 24.0. The summed E-state index contributed by atoms with van der Waals surface area (Å²) in [6.07, 6.45) is 3.01. The van der Waals surface area contributed by atoms with E-state index >= 15 is 0 Å². The molecule has 1 heterocycles. The molecule has 176 valence electrons. The molecular weight excluding hydrogens is 463 g/mol. The monoisotopic (exact) mass is 490 g/mol. The Morgan fingerprint density at radius 1 is 1.12 bits per heavy atom. The molecule has 3 N–H and O–H groups in total. The molecule has 1 saturated heterocycles. The minimum atomic E-state index is -0.944. The largest absolute Gasteiger partial charge is 0.353 e. The molecule has 0 aliphatic carbocycles. The average molecular weight is 491 g/mol. The van der Waals surface area contributed by atoms with Crippen molar-refractivity contribution in [3.8, 4) is 0 Å². The van der Waals surface area contributed by atoms with Crippen LogP contribution in [0.3, 0.4) is 0 Å². The van der Waals surface area contributed by atoms with Crippen LogP contribution in [-0.4, -0.2) is 41.9 Å². The van der Waals surface area contributed by atoms with Crippen LogP contribution in [-0.2, 0) is 16.0 Å². The van der Waals surface area contributed by atoms with Crippen molar-refractivity contribution in [2.75, 3.05) is 23.7 Å². The number of halogens is 2. The van der Waals surface area contributed by atoms with Crippen molar-refractivity contribution in [2.24, 2.45) is 0 Å². The van der Waals surface area contributed by atoms with E-state index in [-0.39, 0.29) is 12.3 Å². The number of rotatable bonds is 7. The first kappa shape index (κ1) is 24.9. The number of nitrogens with zero attached hydrogens (tertiary/aromatic N) is 1. The van der Waals surface area contributed by atoms with E-state index in [1.165, 1.54) is 16.5 Å². The van der Waals surface area contributed by atoms with E-state index < -0.39 is 18.0 Å². The number of hydrogen-bond donors (Lipinski definition) is 3. The summed E-state index contributed by atoms with van der Waals surface area (Å²) < 4.78 is 0. The maximum absolute atomic E-state index is 13.0. The Balaban J connectivity index is 1.69. The lowest BCUT2D eigenvalue weighted by atomic mass is 10.0. The van der Waals surface area contributed by atoms with E-state index in [9.17, 15) is 14.4 Å². The van der Waals surface area contributed by atoms with Crippen molar-refractivity contribution in [1.29, 1.82) is 0 Å². The summed E-state index contributed by atoms with van der Waals surface area (Å²) in [5.41, 5.74) is 3.20. The first-order valence-corrected chi connectivity index (χ1v) is 11.7. The molecule has 1 fully saturated rings. The number of hydrogen-bond acceptors (Lipinski definition) is 3. The predicted molar refractivity (Wildman–Crippen MR) is 132 cm³/mol. The Bertz CT molecular complexity index is 1040. The molecule has 9 heteroatoms. The second-order valence-corrected chi connectivity index (χ2v) is 8.90. The highest BCUT2D eigenvalue weighted by atomic mass is 35.5. The van der Waals surface area contributed by atoms with Gasteiger partial charge in [0, 0.05) is 23.8 Å². The fourth-order valence-electron chi connectivity index (χ4n) is 3.72. The second kappa shape index (κ2) is 11.4. The molecule has 0 unspecified atom stereocenters. The molecule has 1 atom stereocenters. The molecule has 7 nitrogen and oxygen atoms in total. The van der Waals surface area contributed by atoms with Gasteiger partial charge in [-0.3, -0.25) is 9.59 Å². The normalized spacial score (nSPS) is 15.7. The lowest BCUT2D eigenvalue weighted by Crippen LogP contribution is -2.59. The van der Waals surface area contributed by atoms with Gasteiger partial charge in [0.15, 0.2) is 0 Å². The zero-order valence-corrected chi connectivity index (χ0v) is 20.2. The summed E-state index contributed by atoms with van der Waals surface area (Å²) in [4.78, 5) is 39.6. The van der Waals surface area contributed by atoms with Crippen LogP contribution in [0.25, 0.3) is 0 Å². The quantitative estimate of drug-likeness (QED) is 0.509. The van der Waals surface area contributed by atoms with Gasteiger partial charge in [-0.2, -0.15) is 0 Å². The van der Waals surface area contributed by atoms with E-state index in [0.717, 1.165) is 24.8 Å². The third kappa shape index (κ3) is 6.62. The SMILES string of the molecule is CCCCc1ccc(NC(=O)N2CCNC(=O)[C@H]2CC(=O)Nc2cc(Cl)ccc2Cl)c(C)c1. The Morgan fingerprint density at radius 3 is 2.64 bits per heavy atom. The van der Waals surface area contributed by atoms with E-state index in [1.54, 1.807) is 12.1 Å². The third-order valence-electron chi connectivity index (χ3n) is 5.52. The molecule has 2 aromatic carbocycles. The van der Waals surface area contributed by atoms with Gasteiger partial charge in [-0.15, -0.1) is 0 Å². The van der Waals surface area contributed by atoms with Crippen LogP contribution < -0.4 is 16.0 Å². The van der Waals surface area contributed by atoms with Crippen molar-refractivity contribution in [1.82, 2.24) is 10.2 Å². The highest BCUT2D eigenvalue weighted by Gasteiger charge is 2.35. The minimum absolute atomic E-state index is 0.211. The summed E-state index contributed by atoms with van der Waals surface area (Å²) in [6, 6.07) is 9.29. The summed E-state index contributed by atoms with van der Waals surface area (Å²) in [5, 5.41) is 9.02. The van der Waals surface area contributed by atoms with Gasteiger partial charge in [-0.25, -0.2) is 4.79 Å². The van der Waals surface area contributed by atoms with Crippen molar-refractivity contribution in [3.05, 3.63) is 57.6 Å². The number of piperazine rings is 1. The highest BCUT2D eigenvalue weighted by molar-refractivity contribution is 6.35. The lowest BCUT2D eigenvalue weighted by molar-refractivity contribution is -0.130. The summed E-state index contributed by atoms with van der Waals surface area (Å²) >= 11 is 12.1. The van der Waals surface area contributed by atoms with Gasteiger partial charge < -0.3 is 20.9 Å². The molecule has 1 aliphatic heterocycles. The summed E-state index contributed by atoms with van der Waals surface area (Å²) in [7, 11) is 0. The highest BCUT2D eigenvalue weighted by Crippen LogP contribution is 2.26. The van der Waals surface area contributed by atoms with Gasteiger partial charge in [0.2, 0.25) is 11.8 Å². The minimum Gasteiger partial charge on any atom is -0.353 e. The van der Waals surface area contributed by atoms with Crippen molar-refractivity contribution in [3.63, 3.8) is 0 Å². The van der Waals surface area contributed by atoms with Gasteiger partial charge in [0.1, 0.15) is 6.04 Å². The predicted octanol–water partition coefficient (Wildman–Crippen LogP) is 5.01. The van der Waals surface area contributed by atoms with Crippen LogP contribution in [0, 0.1) is 6.92 Å². The second-order valence-electron chi connectivity index (χ2n) is 8.06. The summed E-state index contributed by atoms with van der Waals surface area (Å²) in [5.74, 6) is -0.828. The van der Waals surface area contributed by atoms with Crippen LogP contribution in [0.4, 0.5) is 16.2 Å². The number of nitrogens with one attached hydrogen (secondary N) is 3. The summed E-state index contributed by atoms with van der Waals surface area (Å²) in [6.45, 7) is 4.70. The fourth-order valence-corrected chi connectivity index (χ4v) is 4.06. The number of aryl methyl sites for hydroxylation is 2. The number of anilines is 2. The number of amides is 4. The molecule has 2 aromatic rings. The number of carbonyl (C=O) groups is 3. The maximum Gasteiger partial charge on any atom is 0.322 e. The Labute approximate surface area is 203 Å². The lowest BCUT2D eigenvalue weighted by Gasteiger charge is -2.34. The zero-order valence-electron chi connectivity index (χ0n) is 18.7. The van der Waals surface area contributed by atoms with Gasteiger partial charge in [-0.1, -0.05) is 48.7 Å². The molecule has 0 bridgehead atoms. The number of carbonyl (C=O) groups excluding carboxylic acids is 3. The molecule has 0 spiro atoms. The number of urea groups is 1. The molecule has 0 aromatic heterocycles. The standard InChI is InChI=1S/C24H28Cl2N4O3/c1-3-4-5-16-6-9-19(15(2)12-16)29-24(33)30-11-10-27-23(32)21(30)14-22(31)28-20-13-17(25)7-8-18(20)26/h6-9,12-13,21H,3-5,10-11,14H2,1-2H3,(H,27,32)(H,28,31)(H,29,33)/t21-/m1/s1. The first-order chi connectivity index (χ1) is 15.8. The van der Waals surface area contributed by atoms with Crippen molar-refractivity contribution < 1.29 is 14.4 Å². The van der Waals surface area contributed by atoms with Crippen LogP contribution in [0.5, 0.6) is 0 Å². The molecule has 3 rings (SSSR count). The van der Waals surface area contributed by atoms with Gasteiger partial charge in [0.05, 0.1) is 17.1 Å². The van der Waals surface area contributed by atoms with E-state index in [0.29, 0.717) is 34.5 Å². The van der Waals surface area contributed by atoms with Gasteiger partial charge in [-0.05, 0) is 55.2 Å². The molecule has 0 saturated carbocycles. The van der Waals surface area contributed by atoms with Gasteiger partial charge >= 0.3 is 6.03 Å².